The van der Waals surface area contributed by atoms with Gasteiger partial charge in [-0.1, -0.05) is 34.1 Å². The molecule has 2 heteroatoms. The Morgan fingerprint density at radius 3 is 2.33 bits per heavy atom. The molecule has 1 rings (SSSR count). The standard InChI is InChI=1S/C13H25NO/c1-5-6-12(4)13(15)14-8-10(2)7-11(3)9-14/h10-12H,5-9H2,1-4H3/t10-,11-,12+/m1/s1. The third-order valence-corrected chi connectivity index (χ3v) is 3.32. The Balaban J connectivity index is 2.51. The van der Waals surface area contributed by atoms with Crippen molar-refractivity contribution in [3.8, 4) is 0 Å². The largest absolute Gasteiger partial charge is 0.342 e. The Morgan fingerprint density at radius 1 is 1.33 bits per heavy atom. The van der Waals surface area contributed by atoms with Gasteiger partial charge in [0.2, 0.25) is 5.91 Å². The molecular weight excluding hydrogens is 186 g/mol. The summed E-state index contributed by atoms with van der Waals surface area (Å²) < 4.78 is 0. The van der Waals surface area contributed by atoms with E-state index in [4.69, 9.17) is 0 Å². The van der Waals surface area contributed by atoms with Crippen molar-refractivity contribution in [3.05, 3.63) is 0 Å². The monoisotopic (exact) mass is 211 g/mol. The number of piperidine rings is 1. The molecule has 0 unspecified atom stereocenters. The molecule has 0 N–H and O–H groups in total. The number of carbonyl (C=O) groups excluding carboxylic acids is 1. The smallest absolute Gasteiger partial charge is 0.225 e. The average molecular weight is 211 g/mol. The molecule has 0 radical (unpaired) electrons. The second-order valence-corrected chi connectivity index (χ2v) is 5.38. The maximum Gasteiger partial charge on any atom is 0.225 e. The fourth-order valence-corrected chi connectivity index (χ4v) is 2.71. The summed E-state index contributed by atoms with van der Waals surface area (Å²) in [6.45, 7) is 10.6. The number of hydrogen-bond acceptors (Lipinski definition) is 1. The fraction of sp³-hybridized carbons (Fsp3) is 0.923. The molecule has 15 heavy (non-hydrogen) atoms. The maximum atomic E-state index is 12.1. The van der Waals surface area contributed by atoms with Crippen LogP contribution in [-0.2, 0) is 4.79 Å². The summed E-state index contributed by atoms with van der Waals surface area (Å²) in [5.41, 5.74) is 0. The number of likely N-dealkylation sites (tertiary alicyclic amines) is 1. The van der Waals surface area contributed by atoms with Crippen LogP contribution in [0.2, 0.25) is 0 Å². The molecule has 0 aromatic rings. The zero-order valence-electron chi connectivity index (χ0n) is 10.6. The van der Waals surface area contributed by atoms with Crippen LogP contribution in [0.3, 0.4) is 0 Å². The van der Waals surface area contributed by atoms with Crippen molar-refractivity contribution in [2.24, 2.45) is 17.8 Å². The highest BCUT2D eigenvalue weighted by molar-refractivity contribution is 5.78. The zero-order valence-corrected chi connectivity index (χ0v) is 10.6. The maximum absolute atomic E-state index is 12.1. The van der Waals surface area contributed by atoms with Gasteiger partial charge < -0.3 is 4.90 Å². The first-order chi connectivity index (χ1) is 7.04. The van der Waals surface area contributed by atoms with Crippen LogP contribution < -0.4 is 0 Å². The molecule has 0 aliphatic carbocycles. The summed E-state index contributed by atoms with van der Waals surface area (Å²) in [5, 5.41) is 0. The number of amides is 1. The Labute approximate surface area is 94.0 Å². The second-order valence-electron chi connectivity index (χ2n) is 5.38. The molecule has 0 saturated carbocycles. The first-order valence-electron chi connectivity index (χ1n) is 6.33. The quantitative estimate of drug-likeness (QED) is 0.703. The van der Waals surface area contributed by atoms with Crippen molar-refractivity contribution in [2.75, 3.05) is 13.1 Å². The first-order valence-corrected chi connectivity index (χ1v) is 6.33. The minimum atomic E-state index is 0.215. The van der Waals surface area contributed by atoms with Crippen LogP contribution in [0, 0.1) is 17.8 Å². The van der Waals surface area contributed by atoms with Crippen LogP contribution in [0.25, 0.3) is 0 Å². The lowest BCUT2D eigenvalue weighted by Gasteiger charge is -2.36. The number of carbonyl (C=O) groups is 1. The Morgan fingerprint density at radius 2 is 1.87 bits per heavy atom. The zero-order chi connectivity index (χ0) is 11.4. The van der Waals surface area contributed by atoms with Gasteiger partial charge in [0, 0.05) is 19.0 Å². The van der Waals surface area contributed by atoms with Gasteiger partial charge in [0.05, 0.1) is 0 Å². The van der Waals surface area contributed by atoms with Gasteiger partial charge in [-0.15, -0.1) is 0 Å². The third kappa shape index (κ3) is 3.51. The molecule has 1 aliphatic rings. The molecule has 0 spiro atoms. The highest BCUT2D eigenvalue weighted by atomic mass is 16.2. The highest BCUT2D eigenvalue weighted by Crippen LogP contribution is 2.23. The SMILES string of the molecule is CCC[C@H](C)C(=O)N1C[C@H](C)C[C@@H](C)C1. The predicted molar refractivity (Wildman–Crippen MR) is 63.6 cm³/mol. The lowest BCUT2D eigenvalue weighted by molar-refractivity contribution is -0.137. The van der Waals surface area contributed by atoms with Crippen LogP contribution in [0.15, 0.2) is 0 Å². The normalized spacial score (nSPS) is 28.9. The van der Waals surface area contributed by atoms with Crippen LogP contribution in [0.5, 0.6) is 0 Å². The summed E-state index contributed by atoms with van der Waals surface area (Å²) in [4.78, 5) is 14.2. The molecule has 88 valence electrons. The summed E-state index contributed by atoms with van der Waals surface area (Å²) in [7, 11) is 0. The van der Waals surface area contributed by atoms with Gasteiger partial charge in [-0.05, 0) is 24.7 Å². The molecule has 0 bridgehead atoms. The van der Waals surface area contributed by atoms with Gasteiger partial charge in [0.15, 0.2) is 0 Å². The van der Waals surface area contributed by atoms with Crippen LogP contribution in [0.4, 0.5) is 0 Å². The van der Waals surface area contributed by atoms with E-state index in [9.17, 15) is 4.79 Å². The topological polar surface area (TPSA) is 20.3 Å². The molecule has 1 saturated heterocycles. The average Bonchev–Trinajstić information content (AvgIpc) is 2.15. The third-order valence-electron chi connectivity index (χ3n) is 3.32. The van der Waals surface area contributed by atoms with E-state index in [1.54, 1.807) is 0 Å². The Hall–Kier alpha value is -0.530. The number of rotatable bonds is 3. The van der Waals surface area contributed by atoms with E-state index in [1.165, 1.54) is 6.42 Å². The minimum Gasteiger partial charge on any atom is -0.342 e. The van der Waals surface area contributed by atoms with Gasteiger partial charge in [-0.2, -0.15) is 0 Å². The van der Waals surface area contributed by atoms with Gasteiger partial charge in [0.25, 0.3) is 0 Å². The fourth-order valence-electron chi connectivity index (χ4n) is 2.71. The molecule has 1 amide bonds. The Bertz CT molecular complexity index is 205. The lowest BCUT2D eigenvalue weighted by Crippen LogP contribution is -2.44. The summed E-state index contributed by atoms with van der Waals surface area (Å²) in [5.74, 6) is 1.93. The molecule has 1 heterocycles. The summed E-state index contributed by atoms with van der Waals surface area (Å²) >= 11 is 0. The summed E-state index contributed by atoms with van der Waals surface area (Å²) in [6.07, 6.45) is 3.40. The number of nitrogens with zero attached hydrogens (tertiary/aromatic N) is 1. The predicted octanol–water partition coefficient (Wildman–Crippen LogP) is 2.93. The summed E-state index contributed by atoms with van der Waals surface area (Å²) in [6, 6.07) is 0. The lowest BCUT2D eigenvalue weighted by atomic mass is 9.90. The van der Waals surface area contributed by atoms with Crippen molar-refractivity contribution in [1.29, 1.82) is 0 Å². The van der Waals surface area contributed by atoms with Crippen molar-refractivity contribution in [1.82, 2.24) is 4.90 Å². The van der Waals surface area contributed by atoms with Crippen LogP contribution >= 0.6 is 0 Å². The minimum absolute atomic E-state index is 0.215. The Kier molecular flexibility index (Phi) is 4.62. The number of hydrogen-bond donors (Lipinski definition) is 0. The molecular formula is C13H25NO. The molecule has 1 aliphatic heterocycles. The second kappa shape index (κ2) is 5.53. The van der Waals surface area contributed by atoms with Crippen molar-refractivity contribution in [2.45, 2.75) is 47.0 Å². The van der Waals surface area contributed by atoms with E-state index in [1.807, 2.05) is 0 Å². The van der Waals surface area contributed by atoms with E-state index in [-0.39, 0.29) is 5.92 Å². The molecule has 0 aromatic heterocycles. The van der Waals surface area contributed by atoms with Crippen LogP contribution in [-0.4, -0.2) is 23.9 Å². The van der Waals surface area contributed by atoms with Gasteiger partial charge in [-0.3, -0.25) is 4.79 Å². The van der Waals surface area contributed by atoms with Gasteiger partial charge in [-0.25, -0.2) is 0 Å². The highest BCUT2D eigenvalue weighted by Gasteiger charge is 2.27. The van der Waals surface area contributed by atoms with E-state index >= 15 is 0 Å². The van der Waals surface area contributed by atoms with Crippen molar-refractivity contribution in [3.63, 3.8) is 0 Å². The van der Waals surface area contributed by atoms with Crippen LogP contribution in [0.1, 0.15) is 47.0 Å². The molecule has 2 nitrogen and oxygen atoms in total. The van der Waals surface area contributed by atoms with E-state index in [0.717, 1.165) is 25.9 Å². The van der Waals surface area contributed by atoms with E-state index in [2.05, 4.69) is 32.6 Å². The first kappa shape index (κ1) is 12.5. The van der Waals surface area contributed by atoms with Gasteiger partial charge in [0.1, 0.15) is 0 Å². The molecule has 3 atom stereocenters. The van der Waals surface area contributed by atoms with E-state index < -0.39 is 0 Å². The van der Waals surface area contributed by atoms with Crippen molar-refractivity contribution < 1.29 is 4.79 Å². The van der Waals surface area contributed by atoms with Crippen molar-refractivity contribution >= 4 is 5.91 Å². The van der Waals surface area contributed by atoms with E-state index in [0.29, 0.717) is 17.7 Å². The van der Waals surface area contributed by atoms with Gasteiger partial charge >= 0.3 is 0 Å². The molecule has 0 aromatic carbocycles. The molecule has 1 fully saturated rings.